The summed E-state index contributed by atoms with van der Waals surface area (Å²) in [5.74, 6) is -1.29. The molecule has 0 saturated carbocycles. The summed E-state index contributed by atoms with van der Waals surface area (Å²) in [6.45, 7) is 0. The van der Waals surface area contributed by atoms with Crippen molar-refractivity contribution in [3.8, 4) is 23.1 Å². The highest BCUT2D eigenvalue weighted by molar-refractivity contribution is 5.93. The molecule has 2 aromatic carbocycles. The van der Waals surface area contributed by atoms with Crippen LogP contribution in [0.2, 0.25) is 0 Å². The number of pyridine rings is 1. The Morgan fingerprint density at radius 3 is 2.72 bits per heavy atom. The number of nitrogens with two attached hydrogens (primary N) is 1. The van der Waals surface area contributed by atoms with Gasteiger partial charge in [-0.15, -0.1) is 0 Å². The smallest absolute Gasteiger partial charge is 0.328 e. The molecule has 1 aromatic heterocycles. The summed E-state index contributed by atoms with van der Waals surface area (Å²) in [6, 6.07) is 13.9. The Bertz CT molecular complexity index is 1070. The molecule has 0 aliphatic heterocycles. The number of hydrogen-bond donors (Lipinski definition) is 3. The average molecular weight is 331 g/mol. The molecule has 0 aliphatic carbocycles. The topological polar surface area (TPSA) is 120 Å². The van der Waals surface area contributed by atoms with Crippen LogP contribution in [0.5, 0.6) is 5.75 Å². The molecule has 0 radical (unpaired) electrons. The van der Waals surface area contributed by atoms with Gasteiger partial charge < -0.3 is 15.9 Å². The molecule has 3 rings (SSSR count). The second-order valence-electron chi connectivity index (χ2n) is 5.33. The molecule has 6 heteroatoms. The zero-order valence-corrected chi connectivity index (χ0v) is 13.0. The van der Waals surface area contributed by atoms with Crippen molar-refractivity contribution in [2.45, 2.75) is 0 Å². The van der Waals surface area contributed by atoms with Gasteiger partial charge in [0, 0.05) is 11.5 Å². The highest BCUT2D eigenvalue weighted by Crippen LogP contribution is 2.37. The molecule has 0 unspecified atom stereocenters. The average Bonchev–Trinajstić information content (AvgIpc) is 2.59. The van der Waals surface area contributed by atoms with Gasteiger partial charge in [0.15, 0.2) is 0 Å². The van der Waals surface area contributed by atoms with E-state index in [9.17, 15) is 15.2 Å². The number of carbonyl (C=O) groups is 1. The standard InChI is InChI=1S/C19H13N3O3/c20-10-13-11(6-8-17(24)25)5-7-16(23)18(13)19-14(21)9-12-3-1-2-4-15(12)22-19/h1-9,23H,21H2,(H,24,25)/b8-6+. The summed E-state index contributed by atoms with van der Waals surface area (Å²) in [6.07, 6.45) is 2.22. The highest BCUT2D eigenvalue weighted by Gasteiger charge is 2.18. The van der Waals surface area contributed by atoms with Crippen molar-refractivity contribution in [2.24, 2.45) is 0 Å². The second kappa shape index (κ2) is 6.34. The zero-order valence-electron chi connectivity index (χ0n) is 13.0. The van der Waals surface area contributed by atoms with Gasteiger partial charge in [-0.25, -0.2) is 9.78 Å². The lowest BCUT2D eigenvalue weighted by atomic mass is 9.96. The molecule has 122 valence electrons. The van der Waals surface area contributed by atoms with E-state index in [0.29, 0.717) is 16.8 Å². The second-order valence-corrected chi connectivity index (χ2v) is 5.33. The first kappa shape index (κ1) is 16.0. The Labute approximate surface area is 143 Å². The van der Waals surface area contributed by atoms with Crippen molar-refractivity contribution in [1.29, 1.82) is 5.26 Å². The maximum Gasteiger partial charge on any atom is 0.328 e. The number of nitrogens with zero attached hydrogens (tertiary/aromatic N) is 2. The van der Waals surface area contributed by atoms with Crippen molar-refractivity contribution in [1.82, 2.24) is 4.98 Å². The van der Waals surface area contributed by atoms with Crippen LogP contribution in [0.15, 0.2) is 48.5 Å². The van der Waals surface area contributed by atoms with E-state index in [4.69, 9.17) is 10.8 Å². The molecule has 0 fully saturated rings. The zero-order chi connectivity index (χ0) is 18.0. The van der Waals surface area contributed by atoms with Gasteiger partial charge in [-0.1, -0.05) is 18.2 Å². The van der Waals surface area contributed by atoms with E-state index in [1.165, 1.54) is 18.2 Å². The van der Waals surface area contributed by atoms with E-state index in [0.717, 1.165) is 11.5 Å². The summed E-state index contributed by atoms with van der Waals surface area (Å²) < 4.78 is 0. The predicted molar refractivity (Wildman–Crippen MR) is 94.6 cm³/mol. The number of carboxylic acids is 1. The SMILES string of the molecule is N#Cc1c(/C=C/C(=O)O)ccc(O)c1-c1nc2ccccc2cc1N. The summed E-state index contributed by atoms with van der Waals surface area (Å²) in [5, 5.41) is 29.5. The number of aliphatic carboxylic acids is 1. The molecule has 1 heterocycles. The van der Waals surface area contributed by atoms with Crippen molar-refractivity contribution in [3.63, 3.8) is 0 Å². The third kappa shape index (κ3) is 2.99. The van der Waals surface area contributed by atoms with Crippen molar-refractivity contribution in [3.05, 3.63) is 59.7 Å². The number of aromatic nitrogens is 1. The first-order chi connectivity index (χ1) is 12.0. The van der Waals surface area contributed by atoms with E-state index < -0.39 is 5.97 Å². The van der Waals surface area contributed by atoms with Crippen molar-refractivity contribution >= 4 is 28.6 Å². The van der Waals surface area contributed by atoms with Gasteiger partial charge in [-0.2, -0.15) is 5.26 Å². The van der Waals surface area contributed by atoms with E-state index in [1.807, 2.05) is 24.3 Å². The van der Waals surface area contributed by atoms with Gasteiger partial charge in [-0.05, 0) is 35.9 Å². The number of aromatic hydroxyl groups is 1. The van der Waals surface area contributed by atoms with E-state index >= 15 is 0 Å². The Kier molecular flexibility index (Phi) is 4.06. The lowest BCUT2D eigenvalue weighted by Gasteiger charge is -2.12. The lowest BCUT2D eigenvalue weighted by Crippen LogP contribution is -1.98. The first-order valence-corrected chi connectivity index (χ1v) is 7.34. The molecule has 4 N–H and O–H groups in total. The van der Waals surface area contributed by atoms with Gasteiger partial charge in [0.05, 0.1) is 28.0 Å². The Hall–Kier alpha value is -3.85. The number of nitriles is 1. The normalized spacial score (nSPS) is 10.8. The maximum atomic E-state index is 10.7. The maximum absolute atomic E-state index is 10.7. The third-order valence-corrected chi connectivity index (χ3v) is 3.72. The molecule has 0 aliphatic rings. The molecule has 0 atom stereocenters. The lowest BCUT2D eigenvalue weighted by molar-refractivity contribution is -0.131. The van der Waals surface area contributed by atoms with Crippen molar-refractivity contribution in [2.75, 3.05) is 5.73 Å². The number of hydrogen-bond acceptors (Lipinski definition) is 5. The van der Waals surface area contributed by atoms with Gasteiger partial charge >= 0.3 is 5.97 Å². The van der Waals surface area contributed by atoms with Gasteiger partial charge in [0.25, 0.3) is 0 Å². The number of fused-ring (bicyclic) bond motifs is 1. The fourth-order valence-corrected chi connectivity index (χ4v) is 2.60. The first-order valence-electron chi connectivity index (χ1n) is 7.34. The predicted octanol–water partition coefficient (Wildman–Crippen LogP) is 3.16. The molecular weight excluding hydrogens is 318 g/mol. The van der Waals surface area contributed by atoms with Crippen molar-refractivity contribution < 1.29 is 15.0 Å². The fraction of sp³-hybridized carbons (Fsp3) is 0. The number of para-hydroxylation sites is 1. The van der Waals surface area contributed by atoms with E-state index in [1.54, 1.807) is 12.1 Å². The number of carboxylic acid groups (broad SMARTS) is 1. The highest BCUT2D eigenvalue weighted by atomic mass is 16.4. The molecular formula is C19H13N3O3. The van der Waals surface area contributed by atoms with Crippen LogP contribution in [0, 0.1) is 11.3 Å². The van der Waals surface area contributed by atoms with Crippen LogP contribution in [-0.2, 0) is 4.79 Å². The van der Waals surface area contributed by atoms with Gasteiger partial charge in [0.2, 0.25) is 0 Å². The summed E-state index contributed by atoms with van der Waals surface area (Å²) in [4.78, 5) is 15.2. The molecule has 0 amide bonds. The monoisotopic (exact) mass is 331 g/mol. The Morgan fingerprint density at radius 1 is 1.24 bits per heavy atom. The quantitative estimate of drug-likeness (QED) is 0.634. The minimum absolute atomic E-state index is 0.104. The summed E-state index contributed by atoms with van der Waals surface area (Å²) in [7, 11) is 0. The van der Waals surface area contributed by atoms with Crippen LogP contribution in [-0.4, -0.2) is 21.2 Å². The summed E-state index contributed by atoms with van der Waals surface area (Å²) in [5.41, 5.74) is 7.98. The minimum atomic E-state index is -1.14. The number of benzene rings is 2. The molecule has 3 aromatic rings. The molecule has 6 nitrogen and oxygen atoms in total. The van der Waals surface area contributed by atoms with Crippen LogP contribution in [0.25, 0.3) is 28.2 Å². The molecule has 0 bridgehead atoms. The number of anilines is 1. The number of phenols is 1. The molecule has 0 saturated heterocycles. The Balaban J connectivity index is 2.30. The number of phenolic OH excluding ortho intramolecular Hbond substituents is 1. The van der Waals surface area contributed by atoms with E-state index in [2.05, 4.69) is 4.98 Å². The van der Waals surface area contributed by atoms with Crippen LogP contribution < -0.4 is 5.73 Å². The molecule has 0 spiro atoms. The fourth-order valence-electron chi connectivity index (χ4n) is 2.60. The van der Waals surface area contributed by atoms with Crippen LogP contribution >= 0.6 is 0 Å². The Morgan fingerprint density at radius 2 is 2.00 bits per heavy atom. The summed E-state index contributed by atoms with van der Waals surface area (Å²) >= 11 is 0. The van der Waals surface area contributed by atoms with Crippen LogP contribution in [0.4, 0.5) is 5.69 Å². The largest absolute Gasteiger partial charge is 0.507 e. The van der Waals surface area contributed by atoms with E-state index in [-0.39, 0.29) is 22.6 Å². The molecule has 25 heavy (non-hydrogen) atoms. The van der Waals surface area contributed by atoms with Crippen LogP contribution in [0.1, 0.15) is 11.1 Å². The van der Waals surface area contributed by atoms with Crippen LogP contribution in [0.3, 0.4) is 0 Å². The van der Waals surface area contributed by atoms with Gasteiger partial charge in [-0.3, -0.25) is 0 Å². The third-order valence-electron chi connectivity index (χ3n) is 3.72. The number of nitrogen functional groups attached to an aromatic ring is 1. The minimum Gasteiger partial charge on any atom is -0.507 e. The number of rotatable bonds is 3. The van der Waals surface area contributed by atoms with Gasteiger partial charge in [0.1, 0.15) is 11.8 Å².